The fraction of sp³-hybridized carbons (Fsp3) is 0.286. The average molecular weight is 474 g/mol. The average Bonchev–Trinajstić information content (AvgIpc) is 3.50. The number of aryl methyl sites for hydroxylation is 2. The molecular formula is C21H21F2N7O2S. The van der Waals surface area contributed by atoms with E-state index in [0.717, 1.165) is 17.0 Å². The largest absolute Gasteiger partial charge is 0.365 e. The summed E-state index contributed by atoms with van der Waals surface area (Å²) in [5, 5.41) is 11.5. The van der Waals surface area contributed by atoms with Gasteiger partial charge < -0.3 is 11.1 Å². The number of halogens is 2. The molecule has 0 radical (unpaired) electrons. The lowest BCUT2D eigenvalue weighted by Crippen LogP contribution is -2.16. The topological polar surface area (TPSA) is 121 Å². The number of amides is 2. The Morgan fingerprint density at radius 3 is 2.52 bits per heavy atom. The summed E-state index contributed by atoms with van der Waals surface area (Å²) in [5.41, 5.74) is 7.26. The van der Waals surface area contributed by atoms with Crippen molar-refractivity contribution in [2.75, 3.05) is 5.32 Å². The summed E-state index contributed by atoms with van der Waals surface area (Å²) in [6, 6.07) is 1.26. The zero-order valence-corrected chi connectivity index (χ0v) is 18.9. The highest BCUT2D eigenvalue weighted by Crippen LogP contribution is 2.43. The van der Waals surface area contributed by atoms with Crippen molar-refractivity contribution in [1.29, 1.82) is 0 Å². The minimum atomic E-state index is -2.83. The number of nitrogens with zero attached hydrogens (tertiary/aromatic N) is 5. The van der Waals surface area contributed by atoms with Gasteiger partial charge in [-0.1, -0.05) is 0 Å². The van der Waals surface area contributed by atoms with Crippen LogP contribution in [0.1, 0.15) is 51.7 Å². The molecule has 0 bridgehead atoms. The van der Waals surface area contributed by atoms with Gasteiger partial charge in [-0.05, 0) is 32.4 Å². The SMILES string of the molecule is CCn1cc(C(=O)Nc2c(C(N)=O)sc3nc(C(F)F)cc(-c4cnn(CC)c4C)c23)cn1. The molecule has 33 heavy (non-hydrogen) atoms. The van der Waals surface area contributed by atoms with Crippen LogP contribution >= 0.6 is 11.3 Å². The Morgan fingerprint density at radius 1 is 1.18 bits per heavy atom. The first-order chi connectivity index (χ1) is 15.7. The molecule has 0 saturated heterocycles. The quantitative estimate of drug-likeness (QED) is 0.420. The summed E-state index contributed by atoms with van der Waals surface area (Å²) in [4.78, 5) is 29.4. The third-order valence-electron chi connectivity index (χ3n) is 5.28. The van der Waals surface area contributed by atoms with Crippen LogP contribution in [0, 0.1) is 6.92 Å². The van der Waals surface area contributed by atoms with E-state index in [2.05, 4.69) is 20.5 Å². The Hall–Kier alpha value is -3.67. The van der Waals surface area contributed by atoms with Crippen LogP contribution in [0.3, 0.4) is 0 Å². The van der Waals surface area contributed by atoms with E-state index in [-0.39, 0.29) is 21.0 Å². The van der Waals surface area contributed by atoms with Crippen molar-refractivity contribution in [2.45, 2.75) is 40.3 Å². The number of anilines is 1. The van der Waals surface area contributed by atoms with E-state index in [1.807, 2.05) is 20.8 Å². The molecule has 0 atom stereocenters. The number of thiophene rings is 1. The molecule has 3 N–H and O–H groups in total. The highest BCUT2D eigenvalue weighted by Gasteiger charge is 2.26. The lowest BCUT2D eigenvalue weighted by molar-refractivity contribution is 0.100. The van der Waals surface area contributed by atoms with E-state index in [4.69, 9.17) is 5.73 Å². The Labute approximate surface area is 191 Å². The Balaban J connectivity index is 1.96. The van der Waals surface area contributed by atoms with E-state index in [0.29, 0.717) is 29.6 Å². The molecule has 12 heteroatoms. The van der Waals surface area contributed by atoms with Crippen molar-refractivity contribution in [3.05, 3.63) is 46.5 Å². The Kier molecular flexibility index (Phi) is 5.93. The summed E-state index contributed by atoms with van der Waals surface area (Å²) in [6.07, 6.45) is 1.71. The van der Waals surface area contributed by atoms with E-state index < -0.39 is 23.9 Å². The number of rotatable bonds is 7. The highest BCUT2D eigenvalue weighted by atomic mass is 32.1. The van der Waals surface area contributed by atoms with Crippen LogP contribution in [0.25, 0.3) is 21.3 Å². The van der Waals surface area contributed by atoms with Gasteiger partial charge in [0, 0.05) is 35.9 Å². The summed E-state index contributed by atoms with van der Waals surface area (Å²) in [7, 11) is 0. The molecule has 4 heterocycles. The van der Waals surface area contributed by atoms with Gasteiger partial charge >= 0.3 is 0 Å². The lowest BCUT2D eigenvalue weighted by atomic mass is 10.0. The molecule has 172 valence electrons. The number of hydrogen-bond donors (Lipinski definition) is 2. The van der Waals surface area contributed by atoms with E-state index in [9.17, 15) is 18.4 Å². The molecule has 0 spiro atoms. The monoisotopic (exact) mass is 473 g/mol. The minimum Gasteiger partial charge on any atom is -0.365 e. The van der Waals surface area contributed by atoms with Gasteiger partial charge in [0.25, 0.3) is 18.2 Å². The number of nitrogens with two attached hydrogens (primary N) is 1. The van der Waals surface area contributed by atoms with Gasteiger partial charge in [0.2, 0.25) is 0 Å². The number of hydrogen-bond acceptors (Lipinski definition) is 6. The maximum atomic E-state index is 13.6. The number of carbonyl (C=O) groups is 2. The van der Waals surface area contributed by atoms with Crippen molar-refractivity contribution in [3.63, 3.8) is 0 Å². The second kappa shape index (κ2) is 8.70. The molecule has 4 aromatic rings. The molecular weight excluding hydrogens is 452 g/mol. The zero-order chi connectivity index (χ0) is 23.9. The Morgan fingerprint density at radius 2 is 1.94 bits per heavy atom. The van der Waals surface area contributed by atoms with Crippen LogP contribution in [-0.4, -0.2) is 36.4 Å². The number of fused-ring (bicyclic) bond motifs is 1. The third-order valence-corrected chi connectivity index (χ3v) is 6.38. The summed E-state index contributed by atoms with van der Waals surface area (Å²) < 4.78 is 30.6. The van der Waals surface area contributed by atoms with Crippen LogP contribution in [0.5, 0.6) is 0 Å². The molecule has 4 rings (SSSR count). The predicted octanol–water partition coefficient (Wildman–Crippen LogP) is 3.99. The molecule has 0 aliphatic rings. The molecule has 4 aromatic heterocycles. The second-order valence-electron chi connectivity index (χ2n) is 7.24. The summed E-state index contributed by atoms with van der Waals surface area (Å²) in [5.74, 6) is -1.31. The first kappa shape index (κ1) is 22.5. The van der Waals surface area contributed by atoms with Crippen molar-refractivity contribution >= 4 is 39.1 Å². The van der Waals surface area contributed by atoms with Crippen molar-refractivity contribution in [3.8, 4) is 11.1 Å². The third kappa shape index (κ3) is 3.97. The highest BCUT2D eigenvalue weighted by molar-refractivity contribution is 7.21. The lowest BCUT2D eigenvalue weighted by Gasteiger charge is -2.10. The summed E-state index contributed by atoms with van der Waals surface area (Å²) in [6.45, 7) is 6.77. The number of aromatic nitrogens is 5. The maximum absolute atomic E-state index is 13.6. The van der Waals surface area contributed by atoms with Crippen LogP contribution in [-0.2, 0) is 13.1 Å². The first-order valence-corrected chi connectivity index (χ1v) is 11.0. The number of pyridine rings is 1. The molecule has 0 aliphatic carbocycles. The van der Waals surface area contributed by atoms with E-state index in [1.165, 1.54) is 12.3 Å². The van der Waals surface area contributed by atoms with Gasteiger partial charge in [-0.15, -0.1) is 11.3 Å². The van der Waals surface area contributed by atoms with Crippen LogP contribution in [0.15, 0.2) is 24.7 Å². The standard InChI is InChI=1S/C21H21F2N7O2S/c1-4-29-9-11(7-25-29)20(32)28-16-15-12(13-8-26-30(5-2)10(13)3)6-14(18(22)23)27-21(15)33-17(16)19(24)31/h6-9,18H,4-5H2,1-3H3,(H2,24,31)(H,28,32). The van der Waals surface area contributed by atoms with Crippen molar-refractivity contribution in [1.82, 2.24) is 24.5 Å². The van der Waals surface area contributed by atoms with Crippen LogP contribution in [0.2, 0.25) is 0 Å². The van der Waals surface area contributed by atoms with Crippen LogP contribution < -0.4 is 11.1 Å². The molecule has 0 unspecified atom stereocenters. The summed E-state index contributed by atoms with van der Waals surface area (Å²) >= 11 is 0.856. The Bertz CT molecular complexity index is 1370. The van der Waals surface area contributed by atoms with Crippen molar-refractivity contribution < 1.29 is 18.4 Å². The van der Waals surface area contributed by atoms with Gasteiger partial charge in [-0.2, -0.15) is 10.2 Å². The number of nitrogens with one attached hydrogen (secondary N) is 1. The predicted molar refractivity (Wildman–Crippen MR) is 121 cm³/mol. The normalized spacial score (nSPS) is 11.5. The first-order valence-electron chi connectivity index (χ1n) is 10.2. The molecule has 0 aromatic carbocycles. The van der Waals surface area contributed by atoms with Crippen LogP contribution in [0.4, 0.5) is 14.5 Å². The maximum Gasteiger partial charge on any atom is 0.280 e. The van der Waals surface area contributed by atoms with E-state index >= 15 is 0 Å². The molecule has 2 amide bonds. The van der Waals surface area contributed by atoms with Gasteiger partial charge in [0.1, 0.15) is 15.4 Å². The fourth-order valence-corrected chi connectivity index (χ4v) is 4.62. The molecule has 0 saturated carbocycles. The van der Waals surface area contributed by atoms with Gasteiger partial charge in [0.15, 0.2) is 0 Å². The smallest absolute Gasteiger partial charge is 0.280 e. The second-order valence-corrected chi connectivity index (χ2v) is 8.24. The number of primary amides is 1. The van der Waals surface area contributed by atoms with Crippen molar-refractivity contribution in [2.24, 2.45) is 5.73 Å². The molecule has 0 aliphatic heterocycles. The van der Waals surface area contributed by atoms with Gasteiger partial charge in [-0.3, -0.25) is 19.0 Å². The van der Waals surface area contributed by atoms with Gasteiger partial charge in [0.05, 0.1) is 23.6 Å². The fourth-order valence-electron chi connectivity index (χ4n) is 3.60. The molecule has 0 fully saturated rings. The van der Waals surface area contributed by atoms with Gasteiger partial charge in [-0.25, -0.2) is 13.8 Å². The minimum absolute atomic E-state index is 0.0157. The number of alkyl halides is 2. The van der Waals surface area contributed by atoms with E-state index in [1.54, 1.807) is 21.8 Å². The number of carbonyl (C=O) groups excluding carboxylic acids is 2. The molecule has 9 nitrogen and oxygen atoms in total. The zero-order valence-electron chi connectivity index (χ0n) is 18.1.